The Hall–Kier alpha value is -3.02. The van der Waals surface area contributed by atoms with E-state index in [1.54, 1.807) is 24.3 Å². The smallest absolute Gasteiger partial charge is 0.319 e. The fourth-order valence-corrected chi connectivity index (χ4v) is 2.35. The van der Waals surface area contributed by atoms with Gasteiger partial charge in [-0.15, -0.1) is 0 Å². The molecule has 0 aliphatic heterocycles. The molecule has 2 aromatic carbocycles. The summed E-state index contributed by atoms with van der Waals surface area (Å²) >= 11 is 0. The number of hydrogen-bond donors (Lipinski definition) is 3. The summed E-state index contributed by atoms with van der Waals surface area (Å²) in [5.41, 5.74) is 1.83. The Labute approximate surface area is 153 Å². The predicted molar refractivity (Wildman–Crippen MR) is 102 cm³/mol. The van der Waals surface area contributed by atoms with Gasteiger partial charge < -0.3 is 20.7 Å². The zero-order valence-corrected chi connectivity index (χ0v) is 15.1. The van der Waals surface area contributed by atoms with E-state index in [9.17, 15) is 9.59 Å². The van der Waals surface area contributed by atoms with E-state index in [0.29, 0.717) is 24.5 Å². The Kier molecular flexibility index (Phi) is 7.49. The van der Waals surface area contributed by atoms with Crippen LogP contribution in [0, 0.1) is 0 Å². The van der Waals surface area contributed by atoms with Gasteiger partial charge >= 0.3 is 6.03 Å². The average Bonchev–Trinajstić information content (AvgIpc) is 2.66. The number of carbonyl (C=O) groups excluding carboxylic acids is 2. The molecule has 0 spiro atoms. The molecule has 0 aromatic heterocycles. The van der Waals surface area contributed by atoms with Crippen LogP contribution in [0.1, 0.15) is 25.3 Å². The number of carbonyl (C=O) groups is 2. The molecule has 0 unspecified atom stereocenters. The van der Waals surface area contributed by atoms with Crippen molar-refractivity contribution in [3.63, 3.8) is 0 Å². The van der Waals surface area contributed by atoms with Gasteiger partial charge in [-0.05, 0) is 42.7 Å². The number of ether oxygens (including phenoxy) is 1. The van der Waals surface area contributed by atoms with E-state index in [1.807, 2.05) is 37.3 Å². The lowest BCUT2D eigenvalue weighted by Crippen LogP contribution is -2.31. The van der Waals surface area contributed by atoms with Gasteiger partial charge in [0.25, 0.3) is 5.91 Å². The van der Waals surface area contributed by atoms with Crippen LogP contribution in [-0.2, 0) is 4.79 Å². The molecule has 0 radical (unpaired) electrons. The van der Waals surface area contributed by atoms with Crippen LogP contribution in [-0.4, -0.2) is 31.6 Å². The molecule has 26 heavy (non-hydrogen) atoms. The van der Waals surface area contributed by atoms with Crippen LogP contribution in [0.4, 0.5) is 10.5 Å². The molecule has 0 aliphatic carbocycles. The highest BCUT2D eigenvalue weighted by Gasteiger charge is 2.08. The van der Waals surface area contributed by atoms with Gasteiger partial charge in [0.05, 0.1) is 0 Å². The van der Waals surface area contributed by atoms with E-state index >= 15 is 0 Å². The maximum Gasteiger partial charge on any atom is 0.319 e. The van der Waals surface area contributed by atoms with E-state index < -0.39 is 0 Å². The third kappa shape index (κ3) is 6.47. The van der Waals surface area contributed by atoms with Crippen LogP contribution in [0.3, 0.4) is 0 Å². The van der Waals surface area contributed by atoms with Gasteiger partial charge in [0.1, 0.15) is 5.75 Å². The predicted octanol–water partition coefficient (Wildman–Crippen LogP) is 3.13. The van der Waals surface area contributed by atoms with Crippen molar-refractivity contribution in [3.05, 3.63) is 60.2 Å². The molecular formula is C20H25N3O3. The van der Waals surface area contributed by atoms with E-state index in [1.165, 1.54) is 5.56 Å². The summed E-state index contributed by atoms with van der Waals surface area (Å²) in [5.74, 6) is 0.633. The van der Waals surface area contributed by atoms with Gasteiger partial charge in [-0.25, -0.2) is 4.79 Å². The fourth-order valence-electron chi connectivity index (χ4n) is 2.35. The van der Waals surface area contributed by atoms with Gasteiger partial charge in [0.15, 0.2) is 6.61 Å². The molecule has 2 rings (SSSR count). The molecule has 0 heterocycles. The van der Waals surface area contributed by atoms with E-state index in [-0.39, 0.29) is 24.5 Å². The summed E-state index contributed by atoms with van der Waals surface area (Å²) in [4.78, 5) is 23.4. The summed E-state index contributed by atoms with van der Waals surface area (Å²) in [5, 5.41) is 8.30. The van der Waals surface area contributed by atoms with Crippen molar-refractivity contribution in [3.8, 4) is 5.75 Å². The quantitative estimate of drug-likeness (QED) is 0.681. The van der Waals surface area contributed by atoms with Crippen molar-refractivity contribution in [2.75, 3.05) is 25.0 Å². The largest absolute Gasteiger partial charge is 0.484 e. The summed E-state index contributed by atoms with van der Waals surface area (Å²) < 4.78 is 5.37. The Bertz CT molecular complexity index is 702. The standard InChI is InChI=1S/C20H25N3O3/c1-3-21-19(24)14-26-18-11-9-17(10-12-18)23-20(25)22-13-15(2)16-7-5-4-6-8-16/h4-12,15H,3,13-14H2,1-2H3,(H,21,24)(H2,22,23,25)/t15-/m0/s1. The van der Waals surface area contributed by atoms with E-state index in [0.717, 1.165) is 0 Å². The minimum atomic E-state index is -0.260. The molecular weight excluding hydrogens is 330 g/mol. The Morgan fingerprint density at radius 3 is 2.35 bits per heavy atom. The number of benzene rings is 2. The van der Waals surface area contributed by atoms with Gasteiger partial charge in [0.2, 0.25) is 0 Å². The van der Waals surface area contributed by atoms with Gasteiger partial charge in [-0.1, -0.05) is 37.3 Å². The van der Waals surface area contributed by atoms with Crippen LogP contribution < -0.4 is 20.7 Å². The molecule has 0 fully saturated rings. The summed E-state index contributed by atoms with van der Waals surface area (Å²) in [7, 11) is 0. The van der Waals surface area contributed by atoms with Crippen LogP contribution in [0.2, 0.25) is 0 Å². The van der Waals surface area contributed by atoms with Crippen molar-refractivity contribution in [2.45, 2.75) is 19.8 Å². The molecule has 3 amide bonds. The van der Waals surface area contributed by atoms with Crippen molar-refractivity contribution in [1.29, 1.82) is 0 Å². The third-order valence-electron chi connectivity index (χ3n) is 3.79. The topological polar surface area (TPSA) is 79.5 Å². The Morgan fingerprint density at radius 1 is 1.00 bits per heavy atom. The van der Waals surface area contributed by atoms with Crippen molar-refractivity contribution < 1.29 is 14.3 Å². The maximum absolute atomic E-state index is 12.0. The van der Waals surface area contributed by atoms with Gasteiger partial charge in [0, 0.05) is 18.8 Å². The number of anilines is 1. The molecule has 0 saturated carbocycles. The highest BCUT2D eigenvalue weighted by atomic mass is 16.5. The number of hydrogen-bond acceptors (Lipinski definition) is 3. The lowest BCUT2D eigenvalue weighted by molar-refractivity contribution is -0.122. The molecule has 138 valence electrons. The van der Waals surface area contributed by atoms with Crippen LogP contribution in [0.5, 0.6) is 5.75 Å². The number of rotatable bonds is 8. The molecule has 0 saturated heterocycles. The lowest BCUT2D eigenvalue weighted by atomic mass is 10.0. The summed E-state index contributed by atoms with van der Waals surface area (Å²) in [6.45, 7) is 5.01. The Morgan fingerprint density at radius 2 is 1.69 bits per heavy atom. The van der Waals surface area contributed by atoms with Crippen LogP contribution >= 0.6 is 0 Å². The van der Waals surface area contributed by atoms with Gasteiger partial charge in [-0.3, -0.25) is 4.79 Å². The zero-order valence-electron chi connectivity index (χ0n) is 15.1. The van der Waals surface area contributed by atoms with Crippen LogP contribution in [0.25, 0.3) is 0 Å². The minimum absolute atomic E-state index is 0.0293. The maximum atomic E-state index is 12.0. The van der Waals surface area contributed by atoms with E-state index in [2.05, 4.69) is 22.9 Å². The van der Waals surface area contributed by atoms with Crippen molar-refractivity contribution in [1.82, 2.24) is 10.6 Å². The van der Waals surface area contributed by atoms with Crippen molar-refractivity contribution >= 4 is 17.6 Å². The highest BCUT2D eigenvalue weighted by Crippen LogP contribution is 2.16. The van der Waals surface area contributed by atoms with Crippen molar-refractivity contribution in [2.24, 2.45) is 0 Å². The molecule has 1 atom stereocenters. The first-order chi connectivity index (χ1) is 12.6. The SMILES string of the molecule is CCNC(=O)COc1ccc(NC(=O)NC[C@H](C)c2ccccc2)cc1. The third-order valence-corrected chi connectivity index (χ3v) is 3.79. The number of amides is 3. The number of nitrogens with one attached hydrogen (secondary N) is 3. The number of urea groups is 1. The molecule has 0 bridgehead atoms. The lowest BCUT2D eigenvalue weighted by Gasteiger charge is -2.14. The van der Waals surface area contributed by atoms with Gasteiger partial charge in [-0.2, -0.15) is 0 Å². The second-order valence-electron chi connectivity index (χ2n) is 5.91. The second-order valence-corrected chi connectivity index (χ2v) is 5.91. The molecule has 3 N–H and O–H groups in total. The second kappa shape index (κ2) is 10.1. The summed E-state index contributed by atoms with van der Waals surface area (Å²) in [6.07, 6.45) is 0. The average molecular weight is 355 g/mol. The summed E-state index contributed by atoms with van der Waals surface area (Å²) in [6, 6.07) is 16.7. The zero-order chi connectivity index (χ0) is 18.8. The fraction of sp³-hybridized carbons (Fsp3) is 0.300. The first kappa shape index (κ1) is 19.3. The first-order valence-corrected chi connectivity index (χ1v) is 8.68. The minimum Gasteiger partial charge on any atom is -0.484 e. The molecule has 6 nitrogen and oxygen atoms in total. The van der Waals surface area contributed by atoms with E-state index in [4.69, 9.17) is 4.74 Å². The highest BCUT2D eigenvalue weighted by molar-refractivity contribution is 5.89. The molecule has 0 aliphatic rings. The first-order valence-electron chi connectivity index (χ1n) is 8.68. The Balaban J connectivity index is 1.75. The molecule has 2 aromatic rings. The molecule has 6 heteroatoms. The van der Waals surface area contributed by atoms with Crippen LogP contribution in [0.15, 0.2) is 54.6 Å². The normalized spacial score (nSPS) is 11.3. The monoisotopic (exact) mass is 355 g/mol. The number of likely N-dealkylation sites (N-methyl/N-ethyl adjacent to an activating group) is 1.